The second-order valence-corrected chi connectivity index (χ2v) is 3.52. The Hall–Kier alpha value is -2.12. The van der Waals surface area contributed by atoms with Gasteiger partial charge >= 0.3 is 12.1 Å². The van der Waals surface area contributed by atoms with Gasteiger partial charge in [-0.05, 0) is 18.2 Å². The topological polar surface area (TPSA) is 55.4 Å². The predicted octanol–water partition coefficient (Wildman–Crippen LogP) is 2.50. The van der Waals surface area contributed by atoms with Crippen molar-refractivity contribution in [2.75, 3.05) is 12.4 Å². The summed E-state index contributed by atoms with van der Waals surface area (Å²) >= 11 is 0. The maximum Gasteiger partial charge on any atom is 0.397 e. The fourth-order valence-corrected chi connectivity index (χ4v) is 1.28. The zero-order valence-electron chi connectivity index (χ0n) is 9.68. The summed E-state index contributed by atoms with van der Waals surface area (Å²) in [6.07, 6.45) is -6.37. The van der Waals surface area contributed by atoms with Crippen LogP contribution in [0.3, 0.4) is 0 Å². The van der Waals surface area contributed by atoms with Crippen molar-refractivity contribution in [3.05, 3.63) is 29.6 Å². The van der Waals surface area contributed by atoms with Crippen molar-refractivity contribution in [2.45, 2.75) is 12.6 Å². The molecule has 19 heavy (non-hydrogen) atoms. The van der Waals surface area contributed by atoms with Crippen LogP contribution >= 0.6 is 0 Å². The monoisotopic (exact) mass is 279 g/mol. The molecule has 0 heterocycles. The van der Waals surface area contributed by atoms with E-state index in [1.165, 1.54) is 0 Å². The molecule has 1 rings (SSSR count). The van der Waals surface area contributed by atoms with Crippen LogP contribution in [0.1, 0.15) is 16.8 Å². The summed E-state index contributed by atoms with van der Waals surface area (Å²) in [5.41, 5.74) is -0.611. The molecule has 0 bridgehead atoms. The molecule has 8 heteroatoms. The molecule has 0 aliphatic carbocycles. The molecule has 0 atom stereocenters. The van der Waals surface area contributed by atoms with Gasteiger partial charge in [-0.3, -0.25) is 4.79 Å². The van der Waals surface area contributed by atoms with Crippen molar-refractivity contribution in [1.29, 1.82) is 0 Å². The second-order valence-electron chi connectivity index (χ2n) is 3.52. The van der Waals surface area contributed by atoms with E-state index in [4.69, 9.17) is 0 Å². The van der Waals surface area contributed by atoms with E-state index in [9.17, 15) is 27.2 Å². The zero-order chi connectivity index (χ0) is 14.6. The molecular weight excluding hydrogens is 270 g/mol. The van der Waals surface area contributed by atoms with Crippen molar-refractivity contribution in [3.8, 4) is 0 Å². The van der Waals surface area contributed by atoms with Crippen molar-refractivity contribution in [3.63, 3.8) is 0 Å². The lowest BCUT2D eigenvalue weighted by Gasteiger charge is -2.11. The number of carbonyl (C=O) groups is 2. The third-order valence-corrected chi connectivity index (χ3v) is 2.02. The average Bonchev–Trinajstić information content (AvgIpc) is 2.28. The predicted molar refractivity (Wildman–Crippen MR) is 57.0 cm³/mol. The third kappa shape index (κ3) is 4.57. The van der Waals surface area contributed by atoms with Gasteiger partial charge in [0.15, 0.2) is 0 Å². The molecule has 4 nitrogen and oxygen atoms in total. The molecule has 0 saturated heterocycles. The summed E-state index contributed by atoms with van der Waals surface area (Å²) in [6, 6.07) is 2.64. The van der Waals surface area contributed by atoms with Crippen LogP contribution in [-0.2, 0) is 9.53 Å². The highest BCUT2D eigenvalue weighted by Crippen LogP contribution is 2.22. The highest BCUT2D eigenvalue weighted by Gasteiger charge is 2.31. The minimum atomic E-state index is -4.67. The number of ether oxygens (including phenoxy) is 1. The quantitative estimate of drug-likeness (QED) is 0.683. The Labute approximate surface area is 105 Å². The van der Waals surface area contributed by atoms with Gasteiger partial charge in [0.25, 0.3) is 0 Å². The number of esters is 1. The second kappa shape index (κ2) is 5.68. The molecule has 1 aromatic rings. The Morgan fingerprint density at radius 3 is 2.47 bits per heavy atom. The number of halogens is 4. The number of rotatable bonds is 3. The Kier molecular flexibility index (Phi) is 4.47. The molecule has 1 amide bonds. The summed E-state index contributed by atoms with van der Waals surface area (Å²) < 4.78 is 53.2. The molecule has 0 unspecified atom stereocenters. The fourth-order valence-electron chi connectivity index (χ4n) is 1.28. The summed E-state index contributed by atoms with van der Waals surface area (Å²) in [4.78, 5) is 22.4. The number of nitrogens with one attached hydrogen (secondary N) is 1. The number of hydrogen-bond acceptors (Lipinski definition) is 3. The lowest BCUT2D eigenvalue weighted by atomic mass is 10.1. The van der Waals surface area contributed by atoms with E-state index in [1.54, 1.807) is 0 Å². The van der Waals surface area contributed by atoms with Crippen LogP contribution in [0.15, 0.2) is 18.2 Å². The highest BCUT2D eigenvalue weighted by atomic mass is 19.4. The molecule has 1 aromatic carbocycles. The summed E-state index contributed by atoms with van der Waals surface area (Å²) in [6.45, 7) is 0. The van der Waals surface area contributed by atoms with Gasteiger partial charge in [-0.1, -0.05) is 0 Å². The van der Waals surface area contributed by atoms with Gasteiger partial charge in [0.2, 0.25) is 5.91 Å². The minimum Gasteiger partial charge on any atom is -0.465 e. The first-order valence-corrected chi connectivity index (χ1v) is 4.97. The van der Waals surface area contributed by atoms with Gasteiger partial charge < -0.3 is 10.1 Å². The van der Waals surface area contributed by atoms with E-state index in [1.807, 2.05) is 5.32 Å². The third-order valence-electron chi connectivity index (χ3n) is 2.02. The minimum absolute atomic E-state index is 0.248. The van der Waals surface area contributed by atoms with Crippen LogP contribution in [-0.4, -0.2) is 25.2 Å². The SMILES string of the molecule is COC(=O)c1cc(F)ccc1NC(=O)CC(F)(F)F. The lowest BCUT2D eigenvalue weighted by Crippen LogP contribution is -2.22. The Bertz CT molecular complexity index is 499. The Morgan fingerprint density at radius 1 is 1.32 bits per heavy atom. The standard InChI is InChI=1S/C11H9F4NO3/c1-19-10(18)7-4-6(12)2-3-8(7)16-9(17)5-11(13,14)15/h2-4H,5H2,1H3,(H,16,17). The smallest absolute Gasteiger partial charge is 0.397 e. The first-order valence-electron chi connectivity index (χ1n) is 4.97. The van der Waals surface area contributed by atoms with E-state index >= 15 is 0 Å². The largest absolute Gasteiger partial charge is 0.465 e. The summed E-state index contributed by atoms with van der Waals surface area (Å²) in [7, 11) is 1.02. The molecule has 0 radical (unpaired) electrons. The average molecular weight is 279 g/mol. The molecule has 0 aliphatic heterocycles. The van der Waals surface area contributed by atoms with E-state index in [-0.39, 0.29) is 11.3 Å². The Balaban J connectivity index is 2.95. The van der Waals surface area contributed by atoms with Crippen molar-refractivity contribution in [2.24, 2.45) is 0 Å². The summed E-state index contributed by atoms with van der Waals surface area (Å²) in [5, 5.41) is 1.88. The van der Waals surface area contributed by atoms with Crippen LogP contribution in [0.5, 0.6) is 0 Å². The van der Waals surface area contributed by atoms with Crippen molar-refractivity contribution in [1.82, 2.24) is 0 Å². The number of amides is 1. The number of anilines is 1. The normalized spacial score (nSPS) is 11.0. The molecule has 0 aromatic heterocycles. The van der Waals surface area contributed by atoms with Gasteiger partial charge in [0.1, 0.15) is 12.2 Å². The van der Waals surface area contributed by atoms with Crippen molar-refractivity contribution < 1.29 is 31.9 Å². The van der Waals surface area contributed by atoms with Crippen LogP contribution in [0, 0.1) is 5.82 Å². The molecule has 0 saturated carbocycles. The number of carbonyl (C=O) groups excluding carboxylic acids is 2. The molecule has 0 fully saturated rings. The first-order chi connectivity index (χ1) is 8.73. The van der Waals surface area contributed by atoms with E-state index < -0.39 is 30.3 Å². The number of benzene rings is 1. The van der Waals surface area contributed by atoms with E-state index in [0.717, 1.165) is 25.3 Å². The lowest BCUT2D eigenvalue weighted by molar-refractivity contribution is -0.150. The van der Waals surface area contributed by atoms with Crippen LogP contribution in [0.4, 0.5) is 23.2 Å². The Morgan fingerprint density at radius 2 is 1.95 bits per heavy atom. The summed E-state index contributed by atoms with van der Waals surface area (Å²) in [5.74, 6) is -3.11. The molecule has 104 valence electrons. The van der Waals surface area contributed by atoms with E-state index in [0.29, 0.717) is 0 Å². The maximum atomic E-state index is 13.0. The highest BCUT2D eigenvalue weighted by molar-refractivity contribution is 6.01. The van der Waals surface area contributed by atoms with E-state index in [2.05, 4.69) is 4.74 Å². The van der Waals surface area contributed by atoms with Gasteiger partial charge in [0.05, 0.1) is 18.4 Å². The maximum absolute atomic E-state index is 13.0. The molecular formula is C11H9F4NO3. The first kappa shape index (κ1) is 14.9. The van der Waals surface area contributed by atoms with Crippen LogP contribution < -0.4 is 5.32 Å². The molecule has 0 aliphatic rings. The zero-order valence-corrected chi connectivity index (χ0v) is 9.68. The van der Waals surface area contributed by atoms with Gasteiger partial charge in [-0.2, -0.15) is 13.2 Å². The fraction of sp³-hybridized carbons (Fsp3) is 0.273. The number of hydrogen-bond donors (Lipinski definition) is 1. The molecule has 1 N–H and O–H groups in total. The van der Waals surface area contributed by atoms with Crippen LogP contribution in [0.25, 0.3) is 0 Å². The van der Waals surface area contributed by atoms with Gasteiger partial charge in [0, 0.05) is 0 Å². The van der Waals surface area contributed by atoms with Gasteiger partial charge in [-0.25, -0.2) is 9.18 Å². The number of methoxy groups -OCH3 is 1. The number of alkyl halides is 3. The van der Waals surface area contributed by atoms with Crippen molar-refractivity contribution >= 4 is 17.6 Å². The molecule has 0 spiro atoms. The van der Waals surface area contributed by atoms with Crippen LogP contribution in [0.2, 0.25) is 0 Å². The van der Waals surface area contributed by atoms with Gasteiger partial charge in [-0.15, -0.1) is 0 Å².